The molecule has 1 unspecified atom stereocenters. The molecular weight excluding hydrogens is 577 g/mol. The van der Waals surface area contributed by atoms with Gasteiger partial charge < -0.3 is 19.6 Å². The van der Waals surface area contributed by atoms with Crippen LogP contribution in [0.25, 0.3) is 5.69 Å². The van der Waals surface area contributed by atoms with Gasteiger partial charge in [0, 0.05) is 20.2 Å². The van der Waals surface area contributed by atoms with Crippen molar-refractivity contribution in [3.63, 3.8) is 0 Å². The minimum atomic E-state index is -5.91. The molecule has 1 atom stereocenters. The molecule has 10 nitrogen and oxygen atoms in total. The monoisotopic (exact) mass is 605 g/mol. The maximum absolute atomic E-state index is 13.1. The molecule has 1 saturated heterocycles. The van der Waals surface area contributed by atoms with Crippen LogP contribution in [0.15, 0.2) is 48.5 Å². The number of nitrogens with zero attached hydrogens (tertiary/aromatic N) is 3. The number of urea groups is 1. The zero-order chi connectivity index (χ0) is 30.4. The summed E-state index contributed by atoms with van der Waals surface area (Å²) in [4.78, 5) is 13.4. The van der Waals surface area contributed by atoms with E-state index in [4.69, 9.17) is 10.5 Å². The van der Waals surface area contributed by atoms with E-state index < -0.39 is 39.2 Å². The number of primary amides is 1. The number of aromatic nitrogens is 2. The first-order valence-corrected chi connectivity index (χ1v) is 13.5. The van der Waals surface area contributed by atoms with Crippen LogP contribution in [0, 0.1) is 18.6 Å². The first kappa shape index (κ1) is 31.8. The highest BCUT2D eigenvalue weighted by atomic mass is 32.2. The van der Waals surface area contributed by atoms with E-state index >= 15 is 0 Å². The lowest BCUT2D eigenvalue weighted by Crippen LogP contribution is -2.28. The molecule has 1 aliphatic heterocycles. The lowest BCUT2D eigenvalue weighted by Gasteiger charge is -2.15. The molecule has 3 aromatic rings. The van der Waals surface area contributed by atoms with Crippen molar-refractivity contribution in [2.75, 3.05) is 38.7 Å². The molecule has 3 N–H and O–H groups in total. The maximum Gasteiger partial charge on any atom is 0.534 e. The highest BCUT2D eigenvalue weighted by Crippen LogP contribution is 2.33. The van der Waals surface area contributed by atoms with Gasteiger partial charge in [0.25, 0.3) is 5.88 Å². The van der Waals surface area contributed by atoms with Gasteiger partial charge in [0.05, 0.1) is 17.9 Å². The molecule has 0 aliphatic carbocycles. The third-order valence-electron chi connectivity index (χ3n) is 6.09. The molecular formula is C25H28F5N5O5S. The lowest BCUT2D eigenvalue weighted by atomic mass is 9.98. The van der Waals surface area contributed by atoms with E-state index in [-0.39, 0.29) is 11.4 Å². The normalized spacial score (nSPS) is 15.7. The summed E-state index contributed by atoms with van der Waals surface area (Å²) in [6, 6.07) is 11.1. The Morgan fingerprint density at radius 3 is 2.41 bits per heavy atom. The van der Waals surface area contributed by atoms with E-state index in [0.717, 1.165) is 36.3 Å². The standard InChI is InChI=1S/C13H17F2NO.C12H11F3N4O4S/c1-17-7-6-16-5-4-11(9-16)10-2-3-12(14)13(15)8-10;1-7-9(17-11(16)20)19(8-5-3-2-4-6-8)18-10(7)23-24(21,22)12(13,14)15/h2-3,8,11H,4-7,9H2,1H3;2-6H,1H3,(H3,16,17,20). The first-order valence-electron chi connectivity index (χ1n) is 12.1. The fourth-order valence-corrected chi connectivity index (χ4v) is 4.48. The van der Waals surface area contributed by atoms with Crippen LogP contribution in [-0.4, -0.2) is 68.0 Å². The second kappa shape index (κ2) is 13.3. The number of para-hydroxylation sites is 1. The zero-order valence-electron chi connectivity index (χ0n) is 22.0. The molecule has 1 aromatic heterocycles. The lowest BCUT2D eigenvalue weighted by molar-refractivity contribution is -0.0501. The summed E-state index contributed by atoms with van der Waals surface area (Å²) in [6.07, 6.45) is 0.995. The number of benzene rings is 2. The molecule has 4 rings (SSSR count). The van der Waals surface area contributed by atoms with Crippen molar-refractivity contribution >= 4 is 22.0 Å². The summed E-state index contributed by atoms with van der Waals surface area (Å²) in [5.41, 5.74) is 0.479. The van der Waals surface area contributed by atoms with Crippen molar-refractivity contribution in [3.8, 4) is 11.6 Å². The summed E-state index contributed by atoms with van der Waals surface area (Å²) in [6.45, 7) is 4.72. The van der Waals surface area contributed by atoms with Gasteiger partial charge in [0.15, 0.2) is 11.6 Å². The average molecular weight is 606 g/mol. The van der Waals surface area contributed by atoms with Gasteiger partial charge in [0.2, 0.25) is 0 Å². The van der Waals surface area contributed by atoms with Crippen LogP contribution in [-0.2, 0) is 14.9 Å². The molecule has 2 amide bonds. The number of nitrogens with one attached hydrogen (secondary N) is 1. The number of halogens is 5. The Morgan fingerprint density at radius 1 is 1.15 bits per heavy atom. The Bertz CT molecular complexity index is 1450. The predicted molar refractivity (Wildman–Crippen MR) is 139 cm³/mol. The molecule has 2 heterocycles. The van der Waals surface area contributed by atoms with Crippen LogP contribution in [0.2, 0.25) is 0 Å². The number of likely N-dealkylation sites (tertiary alicyclic amines) is 1. The molecule has 0 spiro atoms. The second-order valence-electron chi connectivity index (χ2n) is 8.95. The number of amides is 2. The van der Waals surface area contributed by atoms with E-state index in [2.05, 4.69) is 19.5 Å². The quantitative estimate of drug-likeness (QED) is 0.223. The second-order valence-corrected chi connectivity index (χ2v) is 10.5. The molecule has 0 saturated carbocycles. The summed E-state index contributed by atoms with van der Waals surface area (Å²) < 4.78 is 95.7. The van der Waals surface area contributed by atoms with E-state index in [1.54, 1.807) is 31.4 Å². The number of hydrogen-bond acceptors (Lipinski definition) is 7. The van der Waals surface area contributed by atoms with Crippen LogP contribution in [0.3, 0.4) is 0 Å². The molecule has 0 radical (unpaired) electrons. The maximum atomic E-state index is 13.1. The van der Waals surface area contributed by atoms with Crippen molar-refractivity contribution in [2.24, 2.45) is 5.73 Å². The number of nitrogens with two attached hydrogens (primary N) is 1. The number of rotatable bonds is 8. The van der Waals surface area contributed by atoms with Crippen LogP contribution < -0.4 is 15.2 Å². The van der Waals surface area contributed by atoms with Crippen molar-refractivity contribution < 1.29 is 44.1 Å². The first-order chi connectivity index (χ1) is 19.2. The third-order valence-corrected chi connectivity index (χ3v) is 7.04. The van der Waals surface area contributed by atoms with Crippen molar-refractivity contribution in [3.05, 3.63) is 71.3 Å². The number of carbonyl (C=O) groups excluding carboxylic acids is 1. The highest BCUT2D eigenvalue weighted by Gasteiger charge is 2.49. The van der Waals surface area contributed by atoms with E-state index in [1.165, 1.54) is 31.2 Å². The molecule has 2 aromatic carbocycles. The van der Waals surface area contributed by atoms with Gasteiger partial charge in [-0.2, -0.15) is 21.6 Å². The number of anilines is 1. The Labute approximate surface area is 233 Å². The van der Waals surface area contributed by atoms with E-state index in [9.17, 15) is 35.2 Å². The molecule has 0 bridgehead atoms. The Balaban J connectivity index is 0.000000239. The van der Waals surface area contributed by atoms with Crippen LogP contribution in [0.4, 0.5) is 32.6 Å². The number of methoxy groups -OCH3 is 1. The topological polar surface area (TPSA) is 129 Å². The van der Waals surface area contributed by atoms with Crippen molar-refractivity contribution in [2.45, 2.75) is 24.8 Å². The summed E-state index contributed by atoms with van der Waals surface area (Å²) >= 11 is 0. The summed E-state index contributed by atoms with van der Waals surface area (Å²) in [7, 11) is -4.22. The Kier molecular flexibility index (Phi) is 10.3. The van der Waals surface area contributed by atoms with Gasteiger partial charge in [-0.1, -0.05) is 24.3 Å². The summed E-state index contributed by atoms with van der Waals surface area (Å²) in [5.74, 6) is -2.18. The fraction of sp³-hybridized carbons (Fsp3) is 0.360. The molecule has 1 fully saturated rings. The largest absolute Gasteiger partial charge is 0.534 e. The minimum absolute atomic E-state index is 0.124. The van der Waals surface area contributed by atoms with Gasteiger partial charge in [-0.3, -0.25) is 5.32 Å². The van der Waals surface area contributed by atoms with Gasteiger partial charge >= 0.3 is 21.7 Å². The summed E-state index contributed by atoms with van der Waals surface area (Å²) in [5, 5.41) is 5.85. The van der Waals surface area contributed by atoms with Crippen molar-refractivity contribution in [1.29, 1.82) is 0 Å². The molecule has 41 heavy (non-hydrogen) atoms. The third kappa shape index (κ3) is 8.14. The smallest absolute Gasteiger partial charge is 0.383 e. The molecule has 224 valence electrons. The van der Waals surface area contributed by atoms with E-state index in [0.29, 0.717) is 18.2 Å². The zero-order valence-corrected chi connectivity index (χ0v) is 22.8. The van der Waals surface area contributed by atoms with Gasteiger partial charge in [-0.25, -0.2) is 18.3 Å². The van der Waals surface area contributed by atoms with Crippen LogP contribution >= 0.6 is 0 Å². The predicted octanol–water partition coefficient (Wildman–Crippen LogP) is 4.30. The highest BCUT2D eigenvalue weighted by molar-refractivity contribution is 7.87. The average Bonchev–Trinajstić information content (AvgIpc) is 3.49. The number of ether oxygens (including phenoxy) is 1. The number of hydrogen-bond donors (Lipinski definition) is 2. The Hall–Kier alpha value is -3.76. The fourth-order valence-electron chi connectivity index (χ4n) is 4.02. The van der Waals surface area contributed by atoms with Crippen LogP contribution in [0.1, 0.15) is 23.5 Å². The van der Waals surface area contributed by atoms with Gasteiger partial charge in [0.1, 0.15) is 5.82 Å². The van der Waals surface area contributed by atoms with Crippen molar-refractivity contribution in [1.82, 2.24) is 14.7 Å². The van der Waals surface area contributed by atoms with Gasteiger partial charge in [-0.15, -0.1) is 5.10 Å². The molecule has 16 heteroatoms. The SMILES string of the molecule is COCCN1CCC(c2ccc(F)c(F)c2)C1.Cc1c(OS(=O)(=O)C(F)(F)F)nn(-c2ccccc2)c1NC(N)=O. The van der Waals surface area contributed by atoms with Gasteiger partial charge in [-0.05, 0) is 55.6 Å². The van der Waals surface area contributed by atoms with E-state index in [1.807, 2.05) is 0 Å². The Morgan fingerprint density at radius 2 is 1.83 bits per heavy atom. The number of alkyl halides is 3. The number of carbonyl (C=O) groups is 1. The molecule has 1 aliphatic rings. The van der Waals surface area contributed by atoms with Crippen LogP contribution in [0.5, 0.6) is 5.88 Å². The minimum Gasteiger partial charge on any atom is -0.383 e.